The van der Waals surface area contributed by atoms with Gasteiger partial charge in [0.25, 0.3) is 0 Å². The van der Waals surface area contributed by atoms with Crippen molar-refractivity contribution < 1.29 is 23.5 Å². The van der Waals surface area contributed by atoms with Gasteiger partial charge in [-0.2, -0.15) is 0 Å². The molecule has 0 bridgehead atoms. The van der Waals surface area contributed by atoms with Crippen LogP contribution in [0.15, 0.2) is 0 Å². The van der Waals surface area contributed by atoms with E-state index in [9.17, 15) is 9.36 Å². The van der Waals surface area contributed by atoms with Crippen molar-refractivity contribution in [1.29, 1.82) is 0 Å². The molecule has 1 aliphatic rings. The van der Waals surface area contributed by atoms with E-state index < -0.39 is 19.9 Å². The highest BCUT2D eigenvalue weighted by atomic mass is 35.5. The predicted octanol–water partition coefficient (Wildman–Crippen LogP) is 2.12. The lowest BCUT2D eigenvalue weighted by atomic mass is 10.1. The summed E-state index contributed by atoms with van der Waals surface area (Å²) in [6.07, 6.45) is -0.526. The van der Waals surface area contributed by atoms with Crippen molar-refractivity contribution in [2.75, 3.05) is 26.3 Å². The van der Waals surface area contributed by atoms with Gasteiger partial charge in [-0.3, -0.25) is 9.05 Å². The molecule has 0 aromatic heterocycles. The van der Waals surface area contributed by atoms with Crippen LogP contribution in [0.5, 0.6) is 0 Å². The Morgan fingerprint density at radius 3 is 2.53 bits per heavy atom. The molecule has 1 saturated heterocycles. The zero-order valence-corrected chi connectivity index (χ0v) is 12.7. The van der Waals surface area contributed by atoms with Gasteiger partial charge in [0.1, 0.15) is 0 Å². The van der Waals surface area contributed by atoms with Crippen LogP contribution in [0.1, 0.15) is 20.3 Å². The topological polar surface area (TPSA) is 88.1 Å². The molecule has 1 heterocycles. The maximum atomic E-state index is 12.3. The van der Waals surface area contributed by atoms with E-state index in [-0.39, 0.29) is 25.1 Å². The van der Waals surface area contributed by atoms with Gasteiger partial charge in [-0.15, -0.1) is 11.6 Å². The minimum atomic E-state index is -3.44. The third-order valence-electron chi connectivity index (χ3n) is 2.72. The molecular weight excluding hydrogens is 295 g/mol. The summed E-state index contributed by atoms with van der Waals surface area (Å²) >= 11 is 6.14. The standard InChI is InChI=1S/C10H20ClN2O5P/c1-3-17-19(16,18-4-2)12-9-7-13(10(14)15)6-5-8(9)11/h8-9H,3-7H2,1-2H3,(H,12,16)(H,14,15). The fraction of sp³-hybridized carbons (Fsp3) is 0.900. The average molecular weight is 315 g/mol. The van der Waals surface area contributed by atoms with Crippen molar-refractivity contribution in [2.45, 2.75) is 31.7 Å². The molecule has 7 nitrogen and oxygen atoms in total. The molecule has 0 aromatic carbocycles. The molecule has 0 aliphatic carbocycles. The summed E-state index contributed by atoms with van der Waals surface area (Å²) in [7, 11) is -3.44. The molecule has 1 aliphatic heterocycles. The summed E-state index contributed by atoms with van der Waals surface area (Å²) in [5, 5.41) is 11.4. The number of halogens is 1. The van der Waals surface area contributed by atoms with Gasteiger partial charge in [-0.05, 0) is 20.3 Å². The zero-order chi connectivity index (χ0) is 14.5. The molecule has 0 spiro atoms. The smallest absolute Gasteiger partial charge is 0.407 e. The first-order valence-corrected chi connectivity index (χ1v) is 8.18. The van der Waals surface area contributed by atoms with Gasteiger partial charge in [-0.1, -0.05) is 0 Å². The van der Waals surface area contributed by atoms with Gasteiger partial charge >= 0.3 is 13.8 Å². The van der Waals surface area contributed by atoms with Crippen LogP contribution >= 0.6 is 19.3 Å². The number of amides is 1. The molecule has 1 amide bonds. The number of rotatable bonds is 6. The summed E-state index contributed by atoms with van der Waals surface area (Å²) < 4.78 is 22.6. The second kappa shape index (κ2) is 7.45. The SMILES string of the molecule is CCOP(=O)(NC1CN(C(=O)O)CCC1Cl)OCC. The van der Waals surface area contributed by atoms with Crippen LogP contribution in [-0.4, -0.2) is 53.8 Å². The van der Waals surface area contributed by atoms with E-state index >= 15 is 0 Å². The number of piperidine rings is 1. The first kappa shape index (κ1) is 16.7. The Kier molecular flexibility index (Phi) is 6.56. The Balaban J connectivity index is 2.70. The maximum Gasteiger partial charge on any atom is 0.407 e. The number of carboxylic acid groups (broad SMARTS) is 1. The van der Waals surface area contributed by atoms with E-state index in [0.29, 0.717) is 13.0 Å². The van der Waals surface area contributed by atoms with E-state index in [1.807, 2.05) is 0 Å². The fourth-order valence-corrected chi connectivity index (χ4v) is 3.77. The molecule has 9 heteroatoms. The molecule has 1 rings (SSSR count). The van der Waals surface area contributed by atoms with Crippen molar-refractivity contribution in [3.63, 3.8) is 0 Å². The lowest BCUT2D eigenvalue weighted by molar-refractivity contribution is 0.126. The predicted molar refractivity (Wildman–Crippen MR) is 71.6 cm³/mol. The third-order valence-corrected chi connectivity index (χ3v) is 5.09. The lowest BCUT2D eigenvalue weighted by Gasteiger charge is -2.36. The molecular formula is C10H20ClN2O5P. The van der Waals surface area contributed by atoms with Crippen molar-refractivity contribution >= 4 is 25.4 Å². The maximum absolute atomic E-state index is 12.3. The second-order valence-electron chi connectivity index (χ2n) is 4.10. The van der Waals surface area contributed by atoms with Crippen LogP contribution < -0.4 is 5.09 Å². The van der Waals surface area contributed by atoms with Crippen molar-refractivity contribution in [3.05, 3.63) is 0 Å². The lowest BCUT2D eigenvalue weighted by Crippen LogP contribution is -2.52. The molecule has 2 N–H and O–H groups in total. The normalized spacial score (nSPS) is 24.5. The third kappa shape index (κ3) is 4.93. The van der Waals surface area contributed by atoms with Gasteiger partial charge in [0.2, 0.25) is 0 Å². The first-order chi connectivity index (χ1) is 8.91. The quantitative estimate of drug-likeness (QED) is 0.576. The highest BCUT2D eigenvalue weighted by Gasteiger charge is 2.36. The van der Waals surface area contributed by atoms with Gasteiger partial charge in [0.15, 0.2) is 0 Å². The van der Waals surface area contributed by atoms with Gasteiger partial charge in [0, 0.05) is 13.1 Å². The average Bonchev–Trinajstić information content (AvgIpc) is 2.32. The number of nitrogens with zero attached hydrogens (tertiary/aromatic N) is 1. The van der Waals surface area contributed by atoms with Crippen LogP contribution in [0.2, 0.25) is 0 Å². The molecule has 19 heavy (non-hydrogen) atoms. The Morgan fingerprint density at radius 1 is 1.47 bits per heavy atom. The van der Waals surface area contributed by atoms with Crippen LogP contribution in [0, 0.1) is 0 Å². The van der Waals surface area contributed by atoms with Gasteiger partial charge < -0.3 is 10.0 Å². The minimum Gasteiger partial charge on any atom is -0.465 e. The van der Waals surface area contributed by atoms with Crippen LogP contribution in [0.4, 0.5) is 4.79 Å². The first-order valence-electron chi connectivity index (χ1n) is 6.20. The van der Waals surface area contributed by atoms with Crippen LogP contribution in [0.3, 0.4) is 0 Å². The number of carbonyl (C=O) groups is 1. The highest BCUT2D eigenvalue weighted by molar-refractivity contribution is 7.51. The molecule has 2 atom stereocenters. The molecule has 0 aromatic rings. The van der Waals surface area contributed by atoms with E-state index in [1.165, 1.54) is 4.90 Å². The zero-order valence-electron chi connectivity index (χ0n) is 11.0. The number of nitrogens with one attached hydrogen (secondary N) is 1. The van der Waals surface area contributed by atoms with Crippen LogP contribution in [0.25, 0.3) is 0 Å². The van der Waals surface area contributed by atoms with Crippen molar-refractivity contribution in [3.8, 4) is 0 Å². The number of likely N-dealkylation sites (tertiary alicyclic amines) is 1. The largest absolute Gasteiger partial charge is 0.465 e. The molecule has 112 valence electrons. The molecule has 0 radical (unpaired) electrons. The summed E-state index contributed by atoms with van der Waals surface area (Å²) in [5.41, 5.74) is 0. The highest BCUT2D eigenvalue weighted by Crippen LogP contribution is 2.44. The summed E-state index contributed by atoms with van der Waals surface area (Å²) in [5.74, 6) is 0. The van der Waals surface area contributed by atoms with E-state index in [0.717, 1.165) is 0 Å². The second-order valence-corrected chi connectivity index (χ2v) is 6.43. The van der Waals surface area contributed by atoms with Gasteiger partial charge in [0.05, 0.1) is 24.6 Å². The fourth-order valence-electron chi connectivity index (χ4n) is 1.87. The summed E-state index contributed by atoms with van der Waals surface area (Å²) in [6, 6.07) is -0.463. The van der Waals surface area contributed by atoms with Gasteiger partial charge in [-0.25, -0.2) is 14.4 Å². The Hall–Kier alpha value is -0.330. The number of alkyl halides is 1. The number of hydrogen-bond acceptors (Lipinski definition) is 4. The van der Waals surface area contributed by atoms with E-state index in [4.69, 9.17) is 25.8 Å². The number of hydrogen-bond donors (Lipinski definition) is 2. The summed E-state index contributed by atoms with van der Waals surface area (Å²) in [4.78, 5) is 12.2. The molecule has 2 unspecified atom stereocenters. The van der Waals surface area contributed by atoms with Crippen LogP contribution in [-0.2, 0) is 13.6 Å². The summed E-state index contributed by atoms with van der Waals surface area (Å²) in [6.45, 7) is 4.40. The molecule has 1 fully saturated rings. The Morgan fingerprint density at radius 2 is 2.05 bits per heavy atom. The minimum absolute atomic E-state index is 0.160. The Labute approximate surface area is 117 Å². The monoisotopic (exact) mass is 314 g/mol. The van der Waals surface area contributed by atoms with Crippen molar-refractivity contribution in [1.82, 2.24) is 9.99 Å². The van der Waals surface area contributed by atoms with E-state index in [2.05, 4.69) is 5.09 Å². The molecule has 0 saturated carbocycles. The van der Waals surface area contributed by atoms with E-state index in [1.54, 1.807) is 13.8 Å². The van der Waals surface area contributed by atoms with Crippen molar-refractivity contribution in [2.24, 2.45) is 0 Å². The Bertz CT molecular complexity index is 347.